The molecule has 2 aromatic carbocycles. The van der Waals surface area contributed by atoms with Crippen molar-refractivity contribution < 1.29 is 14.4 Å². The first-order valence-corrected chi connectivity index (χ1v) is 14.5. The van der Waals surface area contributed by atoms with Gasteiger partial charge in [-0.2, -0.15) is 5.10 Å². The Balaban J connectivity index is 1.56. The minimum absolute atomic E-state index is 0.140. The highest BCUT2D eigenvalue weighted by Crippen LogP contribution is 2.19. The molecule has 2 aromatic rings. The Labute approximate surface area is 234 Å². The summed E-state index contributed by atoms with van der Waals surface area (Å²) in [6, 6.07) is 16.7. The third-order valence-electron chi connectivity index (χ3n) is 6.83. The third kappa shape index (κ3) is 9.39. The molecule has 3 rings (SSSR count). The summed E-state index contributed by atoms with van der Waals surface area (Å²) in [5.41, 5.74) is 4.59. The van der Waals surface area contributed by atoms with Gasteiger partial charge in [-0.3, -0.25) is 14.4 Å². The molecule has 0 bridgehead atoms. The number of carbonyl (C=O) groups is 3. The van der Waals surface area contributed by atoms with Crippen LogP contribution in [-0.2, 0) is 9.59 Å². The van der Waals surface area contributed by atoms with E-state index in [4.69, 9.17) is 0 Å². The topological polar surface area (TPSA) is 90.9 Å². The maximum atomic E-state index is 13.0. The van der Waals surface area contributed by atoms with Crippen molar-refractivity contribution in [3.8, 4) is 0 Å². The highest BCUT2D eigenvalue weighted by Gasteiger charge is 2.28. The van der Waals surface area contributed by atoms with Gasteiger partial charge in [0.15, 0.2) is 0 Å². The number of carbonyl (C=O) groups excluding carboxylic acids is 3. The number of nitrogens with zero attached hydrogens (tertiary/aromatic N) is 2. The molecule has 7 nitrogen and oxygen atoms in total. The Morgan fingerprint density at radius 3 is 2.45 bits per heavy atom. The first-order chi connectivity index (χ1) is 18.5. The van der Waals surface area contributed by atoms with E-state index in [1.807, 2.05) is 47.4 Å². The molecule has 2 N–H and O–H groups in total. The first-order valence-electron chi connectivity index (χ1n) is 13.7. The molecule has 204 valence electrons. The summed E-state index contributed by atoms with van der Waals surface area (Å²) >= 11 is 3.41. The molecule has 1 unspecified atom stereocenters. The second-order valence-corrected chi connectivity index (χ2v) is 10.6. The number of unbranched alkanes of at least 4 members (excludes halogenated alkanes) is 5. The molecule has 1 saturated heterocycles. The minimum atomic E-state index is -0.298. The Bertz CT molecular complexity index is 1090. The van der Waals surface area contributed by atoms with Gasteiger partial charge in [0.05, 0.1) is 23.7 Å². The van der Waals surface area contributed by atoms with Gasteiger partial charge in [-0.15, -0.1) is 0 Å². The molecule has 0 radical (unpaired) electrons. The van der Waals surface area contributed by atoms with Crippen LogP contribution in [0.15, 0.2) is 64.2 Å². The highest BCUT2D eigenvalue weighted by molar-refractivity contribution is 9.10. The van der Waals surface area contributed by atoms with Gasteiger partial charge in [-0.1, -0.05) is 81.5 Å². The number of amides is 3. The molecule has 1 atom stereocenters. The van der Waals surface area contributed by atoms with Crippen molar-refractivity contribution in [2.75, 3.05) is 19.6 Å². The minimum Gasteiger partial charge on any atom is -0.346 e. The van der Waals surface area contributed by atoms with Crippen LogP contribution in [-0.4, -0.2) is 48.0 Å². The van der Waals surface area contributed by atoms with Crippen LogP contribution in [0.5, 0.6) is 0 Å². The van der Waals surface area contributed by atoms with Crippen LogP contribution in [0.4, 0.5) is 0 Å². The Kier molecular flexibility index (Phi) is 12.5. The number of hydrazone groups is 1. The van der Waals surface area contributed by atoms with Gasteiger partial charge < -0.3 is 10.2 Å². The number of hydrogen-bond donors (Lipinski definition) is 2. The van der Waals surface area contributed by atoms with E-state index in [-0.39, 0.29) is 30.2 Å². The van der Waals surface area contributed by atoms with Crippen molar-refractivity contribution in [1.82, 2.24) is 15.6 Å². The van der Waals surface area contributed by atoms with E-state index in [0.29, 0.717) is 35.3 Å². The fourth-order valence-electron chi connectivity index (χ4n) is 4.59. The Morgan fingerprint density at radius 1 is 0.974 bits per heavy atom. The van der Waals surface area contributed by atoms with E-state index in [0.717, 1.165) is 31.2 Å². The van der Waals surface area contributed by atoms with Crippen LogP contribution in [0.3, 0.4) is 0 Å². The lowest BCUT2D eigenvalue weighted by Gasteiger charge is -2.31. The van der Waals surface area contributed by atoms with Crippen molar-refractivity contribution in [2.45, 2.75) is 64.7 Å². The van der Waals surface area contributed by atoms with Crippen LogP contribution in [0.2, 0.25) is 0 Å². The highest BCUT2D eigenvalue weighted by atomic mass is 79.9. The molecule has 1 fully saturated rings. The maximum Gasteiger partial charge on any atom is 0.252 e. The molecule has 1 aliphatic heterocycles. The molecule has 38 heavy (non-hydrogen) atoms. The zero-order valence-electron chi connectivity index (χ0n) is 22.3. The fraction of sp³-hybridized carbons (Fsp3) is 0.467. The quantitative estimate of drug-likeness (QED) is 0.180. The van der Waals surface area contributed by atoms with Gasteiger partial charge in [0, 0.05) is 24.0 Å². The van der Waals surface area contributed by atoms with Crippen molar-refractivity contribution in [3.05, 3.63) is 70.2 Å². The first kappa shape index (κ1) is 29.6. The number of benzene rings is 2. The number of rotatable bonds is 13. The summed E-state index contributed by atoms with van der Waals surface area (Å²) in [5, 5.41) is 7.29. The molecular formula is C30H39BrN4O3. The van der Waals surface area contributed by atoms with E-state index in [1.165, 1.54) is 25.7 Å². The molecule has 3 amide bonds. The normalized spacial score (nSPS) is 15.7. The molecular weight excluding hydrogens is 544 g/mol. The molecule has 0 saturated carbocycles. The van der Waals surface area contributed by atoms with Crippen LogP contribution in [0.25, 0.3) is 0 Å². The van der Waals surface area contributed by atoms with Crippen LogP contribution < -0.4 is 10.7 Å². The summed E-state index contributed by atoms with van der Waals surface area (Å²) in [5.74, 6) is -0.596. The van der Waals surface area contributed by atoms with Gasteiger partial charge in [-0.05, 0) is 52.9 Å². The van der Waals surface area contributed by atoms with E-state index >= 15 is 0 Å². The van der Waals surface area contributed by atoms with E-state index in [2.05, 4.69) is 38.7 Å². The summed E-state index contributed by atoms with van der Waals surface area (Å²) in [7, 11) is 0. The van der Waals surface area contributed by atoms with Crippen molar-refractivity contribution in [3.63, 3.8) is 0 Å². The molecule has 0 aromatic heterocycles. The number of hydrogen-bond acceptors (Lipinski definition) is 4. The summed E-state index contributed by atoms with van der Waals surface area (Å²) in [6.07, 6.45) is 8.94. The van der Waals surface area contributed by atoms with Crippen LogP contribution in [0, 0.1) is 5.92 Å². The second kappa shape index (κ2) is 16.1. The maximum absolute atomic E-state index is 13.0. The van der Waals surface area contributed by atoms with Gasteiger partial charge >= 0.3 is 0 Å². The number of halogens is 1. The SMILES string of the molecule is CCCCCCCCC(=O)N1CCCC(C(=O)N/N=C(/CNC(=O)c2ccccc2Br)c2ccccc2)C1. The van der Waals surface area contributed by atoms with E-state index < -0.39 is 0 Å². The average Bonchev–Trinajstić information content (AvgIpc) is 2.95. The van der Waals surface area contributed by atoms with E-state index in [9.17, 15) is 14.4 Å². The summed E-state index contributed by atoms with van der Waals surface area (Å²) in [4.78, 5) is 40.3. The Morgan fingerprint density at radius 2 is 1.68 bits per heavy atom. The standard InChI is InChI=1S/C30H39BrN4O3/c1-2-3-4-5-6-10-19-28(36)35-20-13-16-24(22-35)29(37)34-33-27(23-14-8-7-9-15-23)21-32-30(38)25-17-11-12-18-26(25)31/h7-9,11-12,14-15,17-18,24H,2-6,10,13,16,19-22H2,1H3,(H,32,38)(H,34,37)/b33-27-. The Hall–Kier alpha value is -3.00. The average molecular weight is 584 g/mol. The van der Waals surface area contributed by atoms with Gasteiger partial charge in [0.2, 0.25) is 11.8 Å². The molecule has 8 heteroatoms. The lowest BCUT2D eigenvalue weighted by atomic mass is 9.97. The van der Waals surface area contributed by atoms with Crippen molar-refractivity contribution in [1.29, 1.82) is 0 Å². The van der Waals surface area contributed by atoms with Gasteiger partial charge in [0.25, 0.3) is 5.91 Å². The predicted octanol–water partition coefficient (Wildman–Crippen LogP) is 5.69. The smallest absolute Gasteiger partial charge is 0.252 e. The monoisotopic (exact) mass is 582 g/mol. The van der Waals surface area contributed by atoms with Crippen LogP contribution >= 0.6 is 15.9 Å². The number of likely N-dealkylation sites (tertiary alicyclic amines) is 1. The lowest BCUT2D eigenvalue weighted by molar-refractivity contribution is -0.135. The fourth-order valence-corrected chi connectivity index (χ4v) is 5.05. The number of nitrogens with one attached hydrogen (secondary N) is 2. The summed E-state index contributed by atoms with van der Waals surface area (Å²) in [6.45, 7) is 3.48. The third-order valence-corrected chi connectivity index (χ3v) is 7.52. The lowest BCUT2D eigenvalue weighted by Crippen LogP contribution is -2.45. The second-order valence-electron chi connectivity index (χ2n) is 9.76. The molecule has 1 aliphatic rings. The molecule has 0 aliphatic carbocycles. The summed E-state index contributed by atoms with van der Waals surface area (Å²) < 4.78 is 0.705. The van der Waals surface area contributed by atoms with Crippen molar-refractivity contribution >= 4 is 39.4 Å². The largest absolute Gasteiger partial charge is 0.346 e. The predicted molar refractivity (Wildman–Crippen MR) is 155 cm³/mol. The molecule has 0 spiro atoms. The zero-order valence-corrected chi connectivity index (χ0v) is 23.8. The van der Waals surface area contributed by atoms with E-state index in [1.54, 1.807) is 12.1 Å². The van der Waals surface area contributed by atoms with Crippen LogP contribution in [0.1, 0.15) is 80.6 Å². The van der Waals surface area contributed by atoms with Crippen molar-refractivity contribution in [2.24, 2.45) is 11.0 Å². The molecule has 1 heterocycles. The zero-order chi connectivity index (χ0) is 27.2. The number of piperidine rings is 1. The van der Waals surface area contributed by atoms with Gasteiger partial charge in [0.1, 0.15) is 0 Å². The van der Waals surface area contributed by atoms with Gasteiger partial charge in [-0.25, -0.2) is 5.43 Å².